The van der Waals surface area contributed by atoms with Crippen molar-refractivity contribution in [3.05, 3.63) is 22.4 Å². The predicted molar refractivity (Wildman–Crippen MR) is 90.3 cm³/mol. The van der Waals surface area contributed by atoms with Gasteiger partial charge in [0, 0.05) is 37.1 Å². The van der Waals surface area contributed by atoms with Crippen molar-refractivity contribution in [1.82, 2.24) is 20.4 Å². The standard InChI is InChI=1S/C16H24N4O2S/c1-12(15(21)18-11-14-3-2-10-23-14)19-7-4-13(5-8-19)20-9-6-17-16(20)22/h2-3,10,12-13H,4-9,11H2,1H3,(H,17,22)(H,18,21). The smallest absolute Gasteiger partial charge is 0.317 e. The van der Waals surface area contributed by atoms with Crippen LogP contribution in [0.1, 0.15) is 24.6 Å². The second-order valence-corrected chi connectivity index (χ2v) is 7.20. The fourth-order valence-electron chi connectivity index (χ4n) is 3.32. The number of carbonyl (C=O) groups is 2. The van der Waals surface area contributed by atoms with Crippen molar-refractivity contribution in [3.63, 3.8) is 0 Å². The molecule has 2 aliphatic rings. The minimum atomic E-state index is -0.122. The molecule has 1 atom stereocenters. The lowest BCUT2D eigenvalue weighted by Crippen LogP contribution is -2.52. The third-order valence-corrected chi connectivity index (χ3v) is 5.65. The number of rotatable bonds is 5. The maximum Gasteiger partial charge on any atom is 0.317 e. The maximum atomic E-state index is 12.3. The number of nitrogens with zero attached hydrogens (tertiary/aromatic N) is 2. The lowest BCUT2D eigenvalue weighted by molar-refractivity contribution is -0.126. The summed E-state index contributed by atoms with van der Waals surface area (Å²) >= 11 is 1.66. The predicted octanol–water partition coefficient (Wildman–Crippen LogP) is 1.24. The molecule has 1 aromatic rings. The third-order valence-electron chi connectivity index (χ3n) is 4.77. The average molecular weight is 336 g/mol. The largest absolute Gasteiger partial charge is 0.350 e. The van der Waals surface area contributed by atoms with Crippen LogP contribution in [0.2, 0.25) is 0 Å². The van der Waals surface area contributed by atoms with E-state index < -0.39 is 0 Å². The molecule has 3 rings (SSSR count). The van der Waals surface area contributed by atoms with Crippen molar-refractivity contribution in [3.8, 4) is 0 Å². The first-order chi connectivity index (χ1) is 11.1. The van der Waals surface area contributed by atoms with E-state index in [2.05, 4.69) is 15.5 Å². The molecular formula is C16H24N4O2S. The van der Waals surface area contributed by atoms with Crippen molar-refractivity contribution in [2.24, 2.45) is 0 Å². The number of likely N-dealkylation sites (tertiary alicyclic amines) is 1. The van der Waals surface area contributed by atoms with Crippen LogP contribution in [0.3, 0.4) is 0 Å². The van der Waals surface area contributed by atoms with Gasteiger partial charge in [0.2, 0.25) is 5.91 Å². The Morgan fingerprint density at radius 2 is 2.22 bits per heavy atom. The molecule has 2 aliphatic heterocycles. The fraction of sp³-hybridized carbons (Fsp3) is 0.625. The summed E-state index contributed by atoms with van der Waals surface area (Å²) in [4.78, 5) is 29.4. The molecule has 23 heavy (non-hydrogen) atoms. The fourth-order valence-corrected chi connectivity index (χ4v) is 3.97. The van der Waals surface area contributed by atoms with Crippen LogP contribution >= 0.6 is 11.3 Å². The third kappa shape index (κ3) is 3.84. The number of nitrogens with one attached hydrogen (secondary N) is 2. The zero-order valence-electron chi connectivity index (χ0n) is 13.5. The second kappa shape index (κ2) is 7.31. The first-order valence-electron chi connectivity index (χ1n) is 8.24. The highest BCUT2D eigenvalue weighted by Gasteiger charge is 2.33. The molecule has 6 nitrogen and oxygen atoms in total. The normalized spacial score (nSPS) is 21.3. The molecule has 2 fully saturated rings. The Balaban J connectivity index is 1.44. The SMILES string of the molecule is CC(C(=O)NCc1cccs1)N1CCC(N2CCNC2=O)CC1. The van der Waals surface area contributed by atoms with Gasteiger partial charge in [-0.2, -0.15) is 0 Å². The molecule has 0 bridgehead atoms. The first kappa shape index (κ1) is 16.3. The number of urea groups is 1. The van der Waals surface area contributed by atoms with E-state index in [1.165, 1.54) is 4.88 Å². The summed E-state index contributed by atoms with van der Waals surface area (Å²) in [6, 6.07) is 4.28. The van der Waals surface area contributed by atoms with Crippen LogP contribution in [0.4, 0.5) is 4.79 Å². The van der Waals surface area contributed by atoms with Crippen molar-refractivity contribution in [2.45, 2.75) is 38.4 Å². The number of piperidine rings is 1. The highest BCUT2D eigenvalue weighted by atomic mass is 32.1. The molecule has 126 valence electrons. The molecule has 0 radical (unpaired) electrons. The van der Waals surface area contributed by atoms with Gasteiger partial charge in [-0.1, -0.05) is 6.07 Å². The molecule has 1 unspecified atom stereocenters. The monoisotopic (exact) mass is 336 g/mol. The van der Waals surface area contributed by atoms with Crippen molar-refractivity contribution >= 4 is 23.3 Å². The van der Waals surface area contributed by atoms with Crippen LogP contribution in [-0.4, -0.2) is 60.0 Å². The van der Waals surface area contributed by atoms with E-state index in [0.717, 1.165) is 39.0 Å². The molecule has 3 amide bonds. The highest BCUT2D eigenvalue weighted by Crippen LogP contribution is 2.20. The molecule has 2 N–H and O–H groups in total. The highest BCUT2D eigenvalue weighted by molar-refractivity contribution is 7.09. The number of carbonyl (C=O) groups excluding carboxylic acids is 2. The van der Waals surface area contributed by atoms with Gasteiger partial charge in [0.25, 0.3) is 0 Å². The van der Waals surface area contributed by atoms with Crippen LogP contribution in [-0.2, 0) is 11.3 Å². The summed E-state index contributed by atoms with van der Waals surface area (Å²) in [5, 5.41) is 7.89. The molecule has 2 saturated heterocycles. The Morgan fingerprint density at radius 1 is 1.43 bits per heavy atom. The number of hydrogen-bond donors (Lipinski definition) is 2. The van der Waals surface area contributed by atoms with Crippen LogP contribution in [0.25, 0.3) is 0 Å². The van der Waals surface area contributed by atoms with Gasteiger partial charge in [0.05, 0.1) is 12.6 Å². The van der Waals surface area contributed by atoms with Crippen molar-refractivity contribution in [1.29, 1.82) is 0 Å². The maximum absolute atomic E-state index is 12.3. The zero-order chi connectivity index (χ0) is 16.2. The van der Waals surface area contributed by atoms with E-state index in [-0.39, 0.29) is 18.0 Å². The lowest BCUT2D eigenvalue weighted by Gasteiger charge is -2.38. The zero-order valence-corrected chi connectivity index (χ0v) is 14.3. The van der Waals surface area contributed by atoms with Gasteiger partial charge in [-0.05, 0) is 31.2 Å². The average Bonchev–Trinajstić information content (AvgIpc) is 3.23. The number of thiophene rings is 1. The van der Waals surface area contributed by atoms with Gasteiger partial charge < -0.3 is 15.5 Å². The van der Waals surface area contributed by atoms with Crippen LogP contribution in [0, 0.1) is 0 Å². The van der Waals surface area contributed by atoms with Gasteiger partial charge in [-0.15, -0.1) is 11.3 Å². The van der Waals surface area contributed by atoms with Crippen LogP contribution < -0.4 is 10.6 Å². The quantitative estimate of drug-likeness (QED) is 0.850. The molecule has 0 aromatic carbocycles. The van der Waals surface area contributed by atoms with Crippen molar-refractivity contribution in [2.75, 3.05) is 26.2 Å². The summed E-state index contributed by atoms with van der Waals surface area (Å²) < 4.78 is 0. The summed E-state index contributed by atoms with van der Waals surface area (Å²) in [7, 11) is 0. The lowest BCUT2D eigenvalue weighted by atomic mass is 10.0. The summed E-state index contributed by atoms with van der Waals surface area (Å²) in [6.07, 6.45) is 1.88. The summed E-state index contributed by atoms with van der Waals surface area (Å²) in [6.45, 7) is 5.85. The molecule has 0 aliphatic carbocycles. The van der Waals surface area contributed by atoms with Crippen LogP contribution in [0.15, 0.2) is 17.5 Å². The summed E-state index contributed by atoms with van der Waals surface area (Å²) in [5.74, 6) is 0.0794. The van der Waals surface area contributed by atoms with E-state index in [9.17, 15) is 9.59 Å². The minimum Gasteiger partial charge on any atom is -0.350 e. The van der Waals surface area contributed by atoms with Crippen LogP contribution in [0.5, 0.6) is 0 Å². The van der Waals surface area contributed by atoms with E-state index >= 15 is 0 Å². The summed E-state index contributed by atoms with van der Waals surface area (Å²) in [5.41, 5.74) is 0. The van der Waals surface area contributed by atoms with Gasteiger partial charge in [-0.3, -0.25) is 9.69 Å². The molecule has 0 spiro atoms. The molecular weight excluding hydrogens is 312 g/mol. The Kier molecular flexibility index (Phi) is 5.17. The minimum absolute atomic E-state index is 0.0604. The second-order valence-electron chi connectivity index (χ2n) is 6.17. The Hall–Kier alpha value is -1.60. The van der Waals surface area contributed by atoms with E-state index in [1.54, 1.807) is 11.3 Å². The Bertz CT molecular complexity index is 540. The van der Waals surface area contributed by atoms with E-state index in [4.69, 9.17) is 0 Å². The Morgan fingerprint density at radius 3 is 2.83 bits per heavy atom. The van der Waals surface area contributed by atoms with Gasteiger partial charge >= 0.3 is 6.03 Å². The van der Waals surface area contributed by atoms with Gasteiger partial charge in [0.15, 0.2) is 0 Å². The first-order valence-corrected chi connectivity index (χ1v) is 9.11. The number of hydrogen-bond acceptors (Lipinski definition) is 4. The molecule has 3 heterocycles. The topological polar surface area (TPSA) is 64.7 Å². The molecule has 7 heteroatoms. The van der Waals surface area contributed by atoms with Gasteiger partial charge in [-0.25, -0.2) is 4.79 Å². The number of amides is 3. The van der Waals surface area contributed by atoms with E-state index in [1.807, 2.05) is 29.3 Å². The molecule has 1 aromatic heterocycles. The Labute approximate surface area is 140 Å². The van der Waals surface area contributed by atoms with E-state index in [0.29, 0.717) is 12.6 Å². The van der Waals surface area contributed by atoms with Gasteiger partial charge in [0.1, 0.15) is 0 Å². The molecule has 0 saturated carbocycles. The van der Waals surface area contributed by atoms with Crippen molar-refractivity contribution < 1.29 is 9.59 Å².